The summed E-state index contributed by atoms with van der Waals surface area (Å²) in [6, 6.07) is 11.4. The van der Waals surface area contributed by atoms with Gasteiger partial charge in [0.15, 0.2) is 0 Å². The number of hydrogen-bond acceptors (Lipinski definition) is 0. The van der Waals surface area contributed by atoms with E-state index in [1.807, 2.05) is 6.07 Å². The molecule has 0 bridgehead atoms. The van der Waals surface area contributed by atoms with Gasteiger partial charge >= 0.3 is 0 Å². The molecule has 0 N–H and O–H groups in total. The average Bonchev–Trinajstić information content (AvgIpc) is 2.29. The van der Waals surface area contributed by atoms with E-state index in [1.165, 1.54) is 18.2 Å². The lowest BCUT2D eigenvalue weighted by Crippen LogP contribution is -1.87. The highest BCUT2D eigenvalue weighted by Gasteiger charge is 2.09. The quantitative estimate of drug-likeness (QED) is 0.512. The molecule has 0 aliphatic heterocycles. The lowest BCUT2D eigenvalue weighted by atomic mass is 10.0. The molecule has 0 spiro atoms. The van der Waals surface area contributed by atoms with Crippen LogP contribution in [0, 0.1) is 29.6 Å². The van der Waals surface area contributed by atoms with Gasteiger partial charge in [0.1, 0.15) is 17.5 Å². The zero-order chi connectivity index (χ0) is 12.0. The Balaban J connectivity index is 2.60. The zero-order valence-electron chi connectivity index (χ0n) is 8.52. The predicted octanol–water partition coefficient (Wildman–Crippen LogP) is 4.01. The minimum absolute atomic E-state index is 0.226. The predicted molar refractivity (Wildman–Crippen MR) is 59.0 cm³/mol. The second-order valence-electron chi connectivity index (χ2n) is 3.71. The molecule has 0 saturated heterocycles. The molecule has 0 aliphatic carbocycles. The topological polar surface area (TPSA) is 0 Å². The molecule has 0 nitrogen and oxygen atoms in total. The van der Waals surface area contributed by atoms with Crippen molar-refractivity contribution in [2.24, 2.45) is 0 Å². The van der Waals surface area contributed by atoms with Gasteiger partial charge in [-0.2, -0.15) is 0 Å². The zero-order valence-corrected chi connectivity index (χ0v) is 8.52. The first kappa shape index (κ1) is 10.1. The van der Waals surface area contributed by atoms with E-state index >= 15 is 0 Å². The van der Waals surface area contributed by atoms with Crippen molar-refractivity contribution in [3.05, 3.63) is 59.9 Å². The molecule has 3 rings (SSSR count). The summed E-state index contributed by atoms with van der Waals surface area (Å²) in [5.74, 6) is -2.09. The molecule has 17 heavy (non-hydrogen) atoms. The van der Waals surface area contributed by atoms with E-state index in [0.717, 1.165) is 6.07 Å². The Morgan fingerprint density at radius 1 is 0.765 bits per heavy atom. The third-order valence-electron chi connectivity index (χ3n) is 2.72. The van der Waals surface area contributed by atoms with Gasteiger partial charge in [-0.15, -0.1) is 0 Å². The van der Waals surface area contributed by atoms with Gasteiger partial charge < -0.3 is 0 Å². The van der Waals surface area contributed by atoms with Crippen LogP contribution in [0.3, 0.4) is 0 Å². The van der Waals surface area contributed by atoms with E-state index in [0.29, 0.717) is 16.2 Å². The fourth-order valence-electron chi connectivity index (χ4n) is 1.97. The molecule has 0 amide bonds. The summed E-state index contributed by atoms with van der Waals surface area (Å²) in [5, 5.41) is 1.32. The molecule has 0 aliphatic rings. The molecule has 0 unspecified atom stereocenters. The Labute approximate surface area is 95.3 Å². The lowest BCUT2D eigenvalue weighted by Gasteiger charge is -2.05. The van der Waals surface area contributed by atoms with Crippen molar-refractivity contribution in [1.29, 1.82) is 0 Å². The van der Waals surface area contributed by atoms with Crippen LogP contribution < -0.4 is 0 Å². The van der Waals surface area contributed by atoms with Crippen molar-refractivity contribution in [2.45, 2.75) is 0 Å². The van der Waals surface area contributed by atoms with Crippen molar-refractivity contribution >= 4 is 21.5 Å². The summed E-state index contributed by atoms with van der Waals surface area (Å²) < 4.78 is 40.1. The van der Waals surface area contributed by atoms with Gasteiger partial charge in [-0.1, -0.05) is 24.3 Å². The summed E-state index contributed by atoms with van der Waals surface area (Å²) in [7, 11) is 0. The minimum Gasteiger partial charge on any atom is -0.206 e. The van der Waals surface area contributed by atoms with Gasteiger partial charge in [0.05, 0.1) is 6.07 Å². The summed E-state index contributed by atoms with van der Waals surface area (Å²) in [6.45, 7) is 0. The normalized spacial score (nSPS) is 11.2. The first-order chi connectivity index (χ1) is 8.16. The van der Waals surface area contributed by atoms with Crippen molar-refractivity contribution < 1.29 is 13.2 Å². The summed E-state index contributed by atoms with van der Waals surface area (Å²) in [5.41, 5.74) is 0. The first-order valence-corrected chi connectivity index (χ1v) is 4.97. The van der Waals surface area contributed by atoms with E-state index in [4.69, 9.17) is 0 Å². The average molecular weight is 230 g/mol. The van der Waals surface area contributed by atoms with Gasteiger partial charge in [0, 0.05) is 16.8 Å². The smallest absolute Gasteiger partial charge is 0.142 e. The van der Waals surface area contributed by atoms with Crippen LogP contribution in [0.2, 0.25) is 0 Å². The van der Waals surface area contributed by atoms with Gasteiger partial charge in [-0.05, 0) is 16.8 Å². The van der Waals surface area contributed by atoms with Gasteiger partial charge in [0.2, 0.25) is 0 Å². The maximum atomic E-state index is 13.5. The highest BCUT2D eigenvalue weighted by molar-refractivity contribution is 6.07. The molecule has 0 atom stereocenters. The molecular formula is C14H5F3. The van der Waals surface area contributed by atoms with Crippen LogP contribution in [0.1, 0.15) is 0 Å². The van der Waals surface area contributed by atoms with Crippen LogP contribution in [0.5, 0.6) is 0 Å². The monoisotopic (exact) mass is 230 g/mol. The first-order valence-electron chi connectivity index (χ1n) is 4.97. The molecule has 3 aromatic rings. The van der Waals surface area contributed by atoms with Crippen LogP contribution in [-0.4, -0.2) is 0 Å². The number of halogens is 3. The third-order valence-corrected chi connectivity index (χ3v) is 2.72. The third kappa shape index (κ3) is 1.46. The Bertz CT molecular complexity index is 732. The molecule has 82 valence electrons. The van der Waals surface area contributed by atoms with Crippen LogP contribution in [0.4, 0.5) is 13.2 Å². The molecule has 2 radical (unpaired) electrons. The SMILES string of the molecule is Fc1[c]c(F)c2ccc3c(F)[c]ccc3c2c1. The minimum atomic E-state index is -0.796. The van der Waals surface area contributed by atoms with Crippen LogP contribution in [-0.2, 0) is 0 Å². The lowest BCUT2D eigenvalue weighted by molar-refractivity contribution is 0.588. The van der Waals surface area contributed by atoms with E-state index in [-0.39, 0.29) is 5.39 Å². The van der Waals surface area contributed by atoms with Crippen molar-refractivity contribution in [1.82, 2.24) is 0 Å². The second-order valence-corrected chi connectivity index (χ2v) is 3.71. The van der Waals surface area contributed by atoms with E-state index in [2.05, 4.69) is 6.07 Å². The van der Waals surface area contributed by atoms with Crippen LogP contribution in [0.15, 0.2) is 30.3 Å². The summed E-state index contributed by atoms with van der Waals surface area (Å²) >= 11 is 0. The Morgan fingerprint density at radius 3 is 2.24 bits per heavy atom. The number of fused-ring (bicyclic) bond motifs is 3. The van der Waals surface area contributed by atoms with Crippen molar-refractivity contribution in [3.8, 4) is 0 Å². The van der Waals surface area contributed by atoms with Gasteiger partial charge in [0.25, 0.3) is 0 Å². The molecule has 0 aromatic heterocycles. The highest BCUT2D eigenvalue weighted by atomic mass is 19.1. The van der Waals surface area contributed by atoms with E-state index < -0.39 is 17.5 Å². The Hall–Kier alpha value is -2.03. The molecule has 0 saturated carbocycles. The fourth-order valence-corrected chi connectivity index (χ4v) is 1.97. The molecule has 3 heteroatoms. The second kappa shape index (κ2) is 3.48. The largest absolute Gasteiger partial charge is 0.206 e. The molecular weight excluding hydrogens is 225 g/mol. The van der Waals surface area contributed by atoms with E-state index in [9.17, 15) is 13.2 Å². The Kier molecular flexibility index (Phi) is 2.08. The number of rotatable bonds is 0. The van der Waals surface area contributed by atoms with E-state index in [1.54, 1.807) is 6.07 Å². The Morgan fingerprint density at radius 2 is 1.47 bits per heavy atom. The summed E-state index contributed by atoms with van der Waals surface area (Å²) in [4.78, 5) is 0. The molecule has 0 fully saturated rings. The maximum absolute atomic E-state index is 13.5. The van der Waals surface area contributed by atoms with Gasteiger partial charge in [-0.3, -0.25) is 0 Å². The van der Waals surface area contributed by atoms with Crippen LogP contribution >= 0.6 is 0 Å². The number of hydrogen-bond donors (Lipinski definition) is 0. The standard InChI is InChI=1S/C14H5F3/c15-8-6-12-9-2-1-3-13(16)10(9)4-5-11(12)14(17)7-8/h1-2,4-6H. The van der Waals surface area contributed by atoms with Crippen LogP contribution in [0.25, 0.3) is 21.5 Å². The summed E-state index contributed by atoms with van der Waals surface area (Å²) in [6.07, 6.45) is 0. The highest BCUT2D eigenvalue weighted by Crippen LogP contribution is 2.28. The molecule has 3 aromatic carbocycles. The molecule has 0 heterocycles. The maximum Gasteiger partial charge on any atom is 0.142 e. The fraction of sp³-hybridized carbons (Fsp3) is 0. The van der Waals surface area contributed by atoms with Gasteiger partial charge in [-0.25, -0.2) is 13.2 Å². The number of benzene rings is 3. The van der Waals surface area contributed by atoms with Crippen molar-refractivity contribution in [2.75, 3.05) is 0 Å². The van der Waals surface area contributed by atoms with Crippen molar-refractivity contribution in [3.63, 3.8) is 0 Å².